The summed E-state index contributed by atoms with van der Waals surface area (Å²) >= 11 is 0. The molecule has 0 aromatic heterocycles. The molecule has 1 amide bonds. The van der Waals surface area contributed by atoms with Crippen molar-refractivity contribution < 1.29 is 9.59 Å². The molecule has 0 heterocycles. The molecule has 0 atom stereocenters. The van der Waals surface area contributed by atoms with Gasteiger partial charge in [0.2, 0.25) is 5.91 Å². The Hall–Kier alpha value is -3.40. The summed E-state index contributed by atoms with van der Waals surface area (Å²) in [6, 6.07) is 26.9. The van der Waals surface area contributed by atoms with Crippen molar-refractivity contribution in [2.24, 2.45) is 0 Å². The van der Waals surface area contributed by atoms with Crippen LogP contribution in [0.4, 0.5) is 11.4 Å². The van der Waals surface area contributed by atoms with Gasteiger partial charge < -0.3 is 10.2 Å². The molecular formula is C24H24N2O2. The number of anilines is 2. The summed E-state index contributed by atoms with van der Waals surface area (Å²) in [7, 11) is 2.00. The zero-order valence-electron chi connectivity index (χ0n) is 16.0. The highest BCUT2D eigenvalue weighted by Gasteiger charge is 2.12. The van der Waals surface area contributed by atoms with Gasteiger partial charge in [-0.1, -0.05) is 72.8 Å². The zero-order chi connectivity index (χ0) is 19.8. The molecule has 0 unspecified atom stereocenters. The predicted molar refractivity (Wildman–Crippen MR) is 114 cm³/mol. The molecule has 0 radical (unpaired) electrons. The first-order chi connectivity index (χ1) is 13.6. The Morgan fingerprint density at radius 3 is 2.11 bits per heavy atom. The van der Waals surface area contributed by atoms with E-state index in [0.29, 0.717) is 5.56 Å². The fourth-order valence-corrected chi connectivity index (χ4v) is 3.06. The van der Waals surface area contributed by atoms with Crippen LogP contribution < -0.4 is 10.2 Å². The molecule has 1 N–H and O–H groups in total. The van der Waals surface area contributed by atoms with Crippen LogP contribution in [0.15, 0.2) is 84.9 Å². The lowest BCUT2D eigenvalue weighted by atomic mass is 10.1. The van der Waals surface area contributed by atoms with Crippen LogP contribution >= 0.6 is 0 Å². The molecule has 3 aromatic carbocycles. The van der Waals surface area contributed by atoms with Gasteiger partial charge in [0.05, 0.1) is 11.4 Å². The van der Waals surface area contributed by atoms with Crippen molar-refractivity contribution >= 4 is 23.1 Å². The third kappa shape index (κ3) is 5.30. The summed E-state index contributed by atoms with van der Waals surface area (Å²) in [5.41, 5.74) is 3.52. The minimum absolute atomic E-state index is 0.0229. The summed E-state index contributed by atoms with van der Waals surface area (Å²) in [6.45, 7) is 0.736. The van der Waals surface area contributed by atoms with E-state index in [4.69, 9.17) is 0 Å². The first kappa shape index (κ1) is 19.4. The second-order valence-electron chi connectivity index (χ2n) is 6.70. The summed E-state index contributed by atoms with van der Waals surface area (Å²) in [6.07, 6.45) is 0.350. The number of carbonyl (C=O) groups excluding carboxylic acids is 2. The minimum atomic E-state index is -0.162. The van der Waals surface area contributed by atoms with E-state index in [-0.39, 0.29) is 24.5 Å². The molecule has 3 rings (SSSR count). The van der Waals surface area contributed by atoms with Crippen molar-refractivity contribution in [2.45, 2.75) is 19.4 Å². The number of rotatable bonds is 8. The lowest BCUT2D eigenvalue weighted by Crippen LogP contribution is -2.20. The molecule has 4 heteroatoms. The lowest BCUT2D eigenvalue weighted by Gasteiger charge is -2.22. The molecule has 0 aliphatic heterocycles. The largest absolute Gasteiger partial charge is 0.369 e. The fraction of sp³-hybridized carbons (Fsp3) is 0.167. The lowest BCUT2D eigenvalue weighted by molar-refractivity contribution is -0.116. The monoisotopic (exact) mass is 372 g/mol. The van der Waals surface area contributed by atoms with Gasteiger partial charge in [0.15, 0.2) is 5.78 Å². The molecule has 0 aliphatic rings. The molecule has 0 bridgehead atoms. The Kier molecular flexibility index (Phi) is 6.58. The Morgan fingerprint density at radius 1 is 0.786 bits per heavy atom. The molecule has 28 heavy (non-hydrogen) atoms. The average molecular weight is 372 g/mol. The first-order valence-electron chi connectivity index (χ1n) is 9.35. The fourth-order valence-electron chi connectivity index (χ4n) is 3.06. The zero-order valence-corrected chi connectivity index (χ0v) is 16.0. The molecule has 142 valence electrons. The third-order valence-electron chi connectivity index (χ3n) is 4.53. The van der Waals surface area contributed by atoms with E-state index >= 15 is 0 Å². The molecule has 0 aliphatic carbocycles. The number of para-hydroxylation sites is 2. The quantitative estimate of drug-likeness (QED) is 0.571. The van der Waals surface area contributed by atoms with Gasteiger partial charge in [-0.25, -0.2) is 0 Å². The molecule has 3 aromatic rings. The molecule has 0 fully saturated rings. The standard InChI is InChI=1S/C24H24N2O2/c1-26(18-19-10-4-2-5-11-19)22-15-9-8-14-21(22)25-24(28)17-16-23(27)20-12-6-3-7-13-20/h2-15H,16-18H2,1H3,(H,25,28). The van der Waals surface area contributed by atoms with E-state index in [9.17, 15) is 9.59 Å². The van der Waals surface area contributed by atoms with Crippen LogP contribution in [0.25, 0.3) is 0 Å². The number of hydrogen-bond acceptors (Lipinski definition) is 3. The number of Topliss-reactive ketones (excluding diaryl/α,β-unsaturated/α-hetero) is 1. The van der Waals surface area contributed by atoms with Gasteiger partial charge in [-0.2, -0.15) is 0 Å². The number of nitrogens with one attached hydrogen (secondary N) is 1. The maximum Gasteiger partial charge on any atom is 0.224 e. The summed E-state index contributed by atoms with van der Waals surface area (Å²) in [5.74, 6) is -0.185. The van der Waals surface area contributed by atoms with Crippen LogP contribution in [0.1, 0.15) is 28.8 Å². The van der Waals surface area contributed by atoms with Crippen molar-refractivity contribution in [3.05, 3.63) is 96.1 Å². The summed E-state index contributed by atoms with van der Waals surface area (Å²) < 4.78 is 0. The van der Waals surface area contributed by atoms with E-state index in [1.54, 1.807) is 12.1 Å². The van der Waals surface area contributed by atoms with Crippen molar-refractivity contribution in [3.63, 3.8) is 0 Å². The highest BCUT2D eigenvalue weighted by molar-refractivity contribution is 6.00. The average Bonchev–Trinajstić information content (AvgIpc) is 2.73. The molecular weight excluding hydrogens is 348 g/mol. The Bertz CT molecular complexity index is 924. The van der Waals surface area contributed by atoms with E-state index in [1.165, 1.54) is 5.56 Å². The minimum Gasteiger partial charge on any atom is -0.369 e. The van der Waals surface area contributed by atoms with Crippen molar-refractivity contribution in [1.29, 1.82) is 0 Å². The number of ketones is 1. The van der Waals surface area contributed by atoms with Gasteiger partial charge in [-0.15, -0.1) is 0 Å². The summed E-state index contributed by atoms with van der Waals surface area (Å²) in [4.78, 5) is 26.7. The Balaban J connectivity index is 1.61. The van der Waals surface area contributed by atoms with Crippen molar-refractivity contribution in [2.75, 3.05) is 17.3 Å². The van der Waals surface area contributed by atoms with Crippen molar-refractivity contribution in [3.8, 4) is 0 Å². The number of benzene rings is 3. The van der Waals surface area contributed by atoms with E-state index in [1.807, 2.05) is 67.7 Å². The van der Waals surface area contributed by atoms with Crippen LogP contribution in [-0.4, -0.2) is 18.7 Å². The normalized spacial score (nSPS) is 10.3. The van der Waals surface area contributed by atoms with Gasteiger partial charge in [-0.3, -0.25) is 9.59 Å². The van der Waals surface area contributed by atoms with Crippen LogP contribution in [0.2, 0.25) is 0 Å². The van der Waals surface area contributed by atoms with Crippen LogP contribution in [0.3, 0.4) is 0 Å². The van der Waals surface area contributed by atoms with Gasteiger partial charge in [0.25, 0.3) is 0 Å². The number of carbonyl (C=O) groups is 2. The summed E-state index contributed by atoms with van der Waals surface area (Å²) in [5, 5.41) is 2.95. The van der Waals surface area contributed by atoms with Crippen LogP contribution in [-0.2, 0) is 11.3 Å². The molecule has 4 nitrogen and oxygen atoms in total. The second kappa shape index (κ2) is 9.51. The molecule has 0 saturated carbocycles. The highest BCUT2D eigenvalue weighted by atomic mass is 16.2. The smallest absolute Gasteiger partial charge is 0.224 e. The Labute approximate surface area is 165 Å². The number of amides is 1. The number of nitrogens with zero attached hydrogens (tertiary/aromatic N) is 1. The van der Waals surface area contributed by atoms with E-state index in [0.717, 1.165) is 17.9 Å². The van der Waals surface area contributed by atoms with Crippen LogP contribution in [0, 0.1) is 0 Å². The van der Waals surface area contributed by atoms with Gasteiger partial charge >= 0.3 is 0 Å². The molecule has 0 saturated heterocycles. The van der Waals surface area contributed by atoms with Crippen LogP contribution in [0.5, 0.6) is 0 Å². The maximum absolute atomic E-state index is 12.4. The van der Waals surface area contributed by atoms with Gasteiger partial charge in [0.1, 0.15) is 0 Å². The second-order valence-corrected chi connectivity index (χ2v) is 6.70. The number of hydrogen-bond donors (Lipinski definition) is 1. The maximum atomic E-state index is 12.4. The van der Waals surface area contributed by atoms with Gasteiger partial charge in [0, 0.05) is 32.0 Å². The third-order valence-corrected chi connectivity index (χ3v) is 4.53. The topological polar surface area (TPSA) is 49.4 Å². The van der Waals surface area contributed by atoms with Crippen molar-refractivity contribution in [1.82, 2.24) is 0 Å². The predicted octanol–water partition coefficient (Wildman–Crippen LogP) is 4.92. The first-order valence-corrected chi connectivity index (χ1v) is 9.35. The van der Waals surface area contributed by atoms with E-state index in [2.05, 4.69) is 22.3 Å². The molecule has 0 spiro atoms. The van der Waals surface area contributed by atoms with Gasteiger partial charge in [-0.05, 0) is 17.7 Å². The Morgan fingerprint density at radius 2 is 1.39 bits per heavy atom. The van der Waals surface area contributed by atoms with E-state index < -0.39 is 0 Å². The highest BCUT2D eigenvalue weighted by Crippen LogP contribution is 2.26. The SMILES string of the molecule is CN(Cc1ccccc1)c1ccccc1NC(=O)CCC(=O)c1ccccc1.